The van der Waals surface area contributed by atoms with Crippen molar-refractivity contribution < 1.29 is 19.1 Å². The van der Waals surface area contributed by atoms with Gasteiger partial charge >= 0.3 is 0 Å². The predicted molar refractivity (Wildman–Crippen MR) is 101 cm³/mol. The molecular formula is C17H18N4O5S. The minimum Gasteiger partial charge on any atom is -0.497 e. The minimum absolute atomic E-state index is 0.112. The highest BCUT2D eigenvalue weighted by Gasteiger charge is 2.35. The molecule has 0 spiro atoms. The lowest BCUT2D eigenvalue weighted by molar-refractivity contribution is -0.123. The highest BCUT2D eigenvalue weighted by Crippen LogP contribution is 2.33. The molecule has 1 atom stereocenters. The van der Waals surface area contributed by atoms with Gasteiger partial charge in [0.15, 0.2) is 5.16 Å². The van der Waals surface area contributed by atoms with E-state index in [2.05, 4.69) is 20.6 Å². The highest BCUT2D eigenvalue weighted by atomic mass is 32.2. The number of nitrogens with one attached hydrogen (secondary N) is 3. The predicted octanol–water partition coefficient (Wildman–Crippen LogP) is 1.57. The van der Waals surface area contributed by atoms with E-state index >= 15 is 0 Å². The summed E-state index contributed by atoms with van der Waals surface area (Å²) in [6.45, 7) is 0. The molecule has 2 amide bonds. The van der Waals surface area contributed by atoms with Crippen LogP contribution in [0.4, 0.5) is 11.5 Å². The second-order valence-electron chi connectivity index (χ2n) is 5.70. The molecule has 0 bridgehead atoms. The first-order chi connectivity index (χ1) is 13.0. The van der Waals surface area contributed by atoms with Crippen LogP contribution in [0.1, 0.15) is 17.9 Å². The monoisotopic (exact) mass is 390 g/mol. The Hall–Kier alpha value is -3.01. The normalized spacial score (nSPS) is 15.5. The Kier molecular flexibility index (Phi) is 5.36. The highest BCUT2D eigenvalue weighted by molar-refractivity contribution is 7.98. The van der Waals surface area contributed by atoms with E-state index in [0.717, 1.165) is 0 Å². The zero-order valence-electron chi connectivity index (χ0n) is 14.9. The molecule has 3 rings (SSSR count). The van der Waals surface area contributed by atoms with Gasteiger partial charge in [0, 0.05) is 12.5 Å². The summed E-state index contributed by atoms with van der Waals surface area (Å²) in [7, 11) is 2.99. The molecule has 2 aromatic rings. The van der Waals surface area contributed by atoms with Crippen LogP contribution in [-0.4, -0.2) is 42.3 Å². The van der Waals surface area contributed by atoms with Gasteiger partial charge in [0.1, 0.15) is 17.3 Å². The van der Waals surface area contributed by atoms with E-state index in [1.54, 1.807) is 24.5 Å². The van der Waals surface area contributed by atoms with Gasteiger partial charge in [-0.1, -0.05) is 11.8 Å². The van der Waals surface area contributed by atoms with Gasteiger partial charge in [-0.2, -0.15) is 0 Å². The molecule has 1 aliphatic rings. The molecule has 1 aliphatic heterocycles. The van der Waals surface area contributed by atoms with Crippen LogP contribution in [0.25, 0.3) is 0 Å². The lowest BCUT2D eigenvalue weighted by Gasteiger charge is -2.23. The van der Waals surface area contributed by atoms with E-state index in [1.165, 1.54) is 26.0 Å². The maximum atomic E-state index is 12.8. The molecule has 10 heteroatoms. The number of aromatic amines is 1. The number of methoxy groups -OCH3 is 2. The van der Waals surface area contributed by atoms with Crippen molar-refractivity contribution in [3.63, 3.8) is 0 Å². The quantitative estimate of drug-likeness (QED) is 0.523. The number of hydrogen-bond acceptors (Lipinski definition) is 7. The van der Waals surface area contributed by atoms with E-state index in [1.807, 2.05) is 0 Å². The van der Waals surface area contributed by atoms with Crippen LogP contribution in [-0.2, 0) is 9.59 Å². The van der Waals surface area contributed by atoms with Gasteiger partial charge in [0.2, 0.25) is 11.8 Å². The standard InChI is InChI=1S/C17H18N4O5S/c1-25-8-4-5-10(11(6-8)26-2)18-15(23)9-7-12(22)19-14-13(9)16(24)21-17(20-14)27-3/h4-6,9H,7H2,1-3H3,(H,18,23)(H2,19,20,21,22,24)/t9-/m0/s1. The van der Waals surface area contributed by atoms with Crippen LogP contribution in [0.2, 0.25) is 0 Å². The van der Waals surface area contributed by atoms with Crippen LogP contribution < -0.4 is 25.7 Å². The van der Waals surface area contributed by atoms with Crippen LogP contribution in [0.15, 0.2) is 28.2 Å². The number of fused-ring (bicyclic) bond motifs is 1. The third kappa shape index (κ3) is 3.75. The molecule has 27 heavy (non-hydrogen) atoms. The summed E-state index contributed by atoms with van der Waals surface area (Å²) in [6, 6.07) is 4.91. The number of hydrogen-bond donors (Lipinski definition) is 3. The summed E-state index contributed by atoms with van der Waals surface area (Å²) >= 11 is 1.23. The van der Waals surface area contributed by atoms with Crippen molar-refractivity contribution in [3.8, 4) is 11.5 Å². The summed E-state index contributed by atoms with van der Waals surface area (Å²) in [5, 5.41) is 5.63. The Labute approximate surface area is 158 Å². The fraction of sp³-hybridized carbons (Fsp3) is 0.294. The van der Waals surface area contributed by atoms with Crippen molar-refractivity contribution in [2.24, 2.45) is 0 Å². The summed E-state index contributed by atoms with van der Waals surface area (Å²) < 4.78 is 10.4. The van der Waals surface area contributed by atoms with Crippen molar-refractivity contribution in [1.29, 1.82) is 0 Å². The molecule has 0 radical (unpaired) electrons. The number of aromatic nitrogens is 2. The lowest BCUT2D eigenvalue weighted by atomic mass is 9.92. The largest absolute Gasteiger partial charge is 0.497 e. The SMILES string of the molecule is COc1ccc(NC(=O)[C@H]2CC(=O)Nc3nc(SC)[nH]c(=O)c32)c(OC)c1. The maximum Gasteiger partial charge on any atom is 0.257 e. The van der Waals surface area contributed by atoms with Crippen molar-refractivity contribution in [1.82, 2.24) is 9.97 Å². The molecule has 2 heterocycles. The number of anilines is 2. The lowest BCUT2D eigenvalue weighted by Crippen LogP contribution is -2.36. The number of rotatable bonds is 5. The number of benzene rings is 1. The van der Waals surface area contributed by atoms with Gasteiger partial charge in [0.05, 0.1) is 31.4 Å². The first kappa shape index (κ1) is 18.8. The maximum absolute atomic E-state index is 12.8. The van der Waals surface area contributed by atoms with Gasteiger partial charge in [0.25, 0.3) is 5.56 Å². The van der Waals surface area contributed by atoms with Crippen LogP contribution in [0, 0.1) is 0 Å². The number of thioether (sulfide) groups is 1. The molecule has 0 saturated heterocycles. The average Bonchev–Trinajstić information content (AvgIpc) is 2.66. The fourth-order valence-corrected chi connectivity index (χ4v) is 3.17. The molecule has 9 nitrogen and oxygen atoms in total. The third-order valence-corrected chi connectivity index (χ3v) is 4.69. The van der Waals surface area contributed by atoms with Crippen molar-refractivity contribution in [2.45, 2.75) is 17.5 Å². The van der Waals surface area contributed by atoms with Crippen LogP contribution in [0.5, 0.6) is 11.5 Å². The molecule has 1 aromatic heterocycles. The minimum atomic E-state index is -0.965. The van der Waals surface area contributed by atoms with Crippen molar-refractivity contribution in [3.05, 3.63) is 34.1 Å². The Morgan fingerprint density at radius 1 is 1.30 bits per heavy atom. The second kappa shape index (κ2) is 7.70. The Balaban J connectivity index is 1.95. The van der Waals surface area contributed by atoms with Gasteiger partial charge < -0.3 is 25.1 Å². The number of nitrogens with zero attached hydrogens (tertiary/aromatic N) is 1. The first-order valence-electron chi connectivity index (χ1n) is 7.97. The zero-order valence-corrected chi connectivity index (χ0v) is 15.7. The number of carbonyl (C=O) groups excluding carboxylic acids is 2. The van der Waals surface area contributed by atoms with Crippen LogP contribution >= 0.6 is 11.8 Å². The Bertz CT molecular complexity index is 959. The van der Waals surface area contributed by atoms with E-state index in [0.29, 0.717) is 22.3 Å². The molecule has 0 fully saturated rings. The van der Waals surface area contributed by atoms with E-state index in [4.69, 9.17) is 9.47 Å². The smallest absolute Gasteiger partial charge is 0.257 e. The average molecular weight is 390 g/mol. The molecule has 0 unspecified atom stereocenters. The molecule has 0 aliphatic carbocycles. The molecule has 142 valence electrons. The third-order valence-electron chi connectivity index (χ3n) is 4.11. The topological polar surface area (TPSA) is 122 Å². The van der Waals surface area contributed by atoms with Gasteiger partial charge in [-0.25, -0.2) is 4.98 Å². The molecule has 0 saturated carbocycles. The summed E-state index contributed by atoms with van der Waals surface area (Å²) in [4.78, 5) is 44.1. The second-order valence-corrected chi connectivity index (χ2v) is 6.49. The summed E-state index contributed by atoms with van der Waals surface area (Å²) in [6.07, 6.45) is 1.59. The van der Waals surface area contributed by atoms with Crippen molar-refractivity contribution >= 4 is 35.1 Å². The summed E-state index contributed by atoms with van der Waals surface area (Å²) in [5.74, 6) is -0.771. The Morgan fingerprint density at radius 2 is 2.07 bits per heavy atom. The molecule has 3 N–H and O–H groups in total. The Morgan fingerprint density at radius 3 is 2.74 bits per heavy atom. The van der Waals surface area contributed by atoms with E-state index < -0.39 is 17.4 Å². The number of carbonyl (C=O) groups is 2. The first-order valence-corrected chi connectivity index (χ1v) is 9.20. The number of H-pyrrole nitrogens is 1. The molecule has 1 aromatic carbocycles. The zero-order chi connectivity index (χ0) is 19.6. The summed E-state index contributed by atoms with van der Waals surface area (Å²) in [5.41, 5.74) is 0.0875. The molecular weight excluding hydrogens is 372 g/mol. The fourth-order valence-electron chi connectivity index (χ4n) is 2.79. The van der Waals surface area contributed by atoms with Crippen LogP contribution in [0.3, 0.4) is 0 Å². The number of ether oxygens (including phenoxy) is 2. The van der Waals surface area contributed by atoms with Gasteiger partial charge in [-0.3, -0.25) is 14.4 Å². The van der Waals surface area contributed by atoms with E-state index in [-0.39, 0.29) is 23.7 Å². The van der Waals surface area contributed by atoms with Gasteiger partial charge in [-0.05, 0) is 18.4 Å². The van der Waals surface area contributed by atoms with Gasteiger partial charge in [-0.15, -0.1) is 0 Å². The van der Waals surface area contributed by atoms with Crippen molar-refractivity contribution in [2.75, 3.05) is 31.1 Å². The number of amides is 2. The van der Waals surface area contributed by atoms with E-state index in [9.17, 15) is 14.4 Å².